The van der Waals surface area contributed by atoms with Crippen LogP contribution in [0.2, 0.25) is 0 Å². The van der Waals surface area contributed by atoms with Crippen molar-refractivity contribution in [2.24, 2.45) is 5.92 Å². The molecule has 1 saturated heterocycles. The van der Waals surface area contributed by atoms with Crippen molar-refractivity contribution >= 4 is 0 Å². The Balaban J connectivity index is 2.37. The number of hydrogen-bond donors (Lipinski definition) is 1. The molecule has 96 valence electrons. The Bertz CT molecular complexity index is 180. The molecule has 2 nitrogen and oxygen atoms in total. The molecule has 0 aliphatic carbocycles. The van der Waals surface area contributed by atoms with Crippen molar-refractivity contribution in [2.45, 2.75) is 65.5 Å². The van der Waals surface area contributed by atoms with Crippen molar-refractivity contribution in [1.29, 1.82) is 0 Å². The van der Waals surface area contributed by atoms with Crippen LogP contribution in [-0.2, 0) is 0 Å². The van der Waals surface area contributed by atoms with Gasteiger partial charge in [-0.15, -0.1) is 0 Å². The van der Waals surface area contributed by atoms with Crippen LogP contribution in [0, 0.1) is 5.92 Å². The lowest BCUT2D eigenvalue weighted by Gasteiger charge is -2.30. The molecule has 1 aliphatic rings. The van der Waals surface area contributed by atoms with Gasteiger partial charge >= 0.3 is 0 Å². The van der Waals surface area contributed by atoms with E-state index in [0.29, 0.717) is 6.04 Å². The summed E-state index contributed by atoms with van der Waals surface area (Å²) in [6.07, 6.45) is 5.28. The van der Waals surface area contributed by atoms with E-state index in [1.807, 2.05) is 0 Å². The SMILES string of the molecule is CCC1CN(C(C)CCC(C)C)CCCN1. The summed E-state index contributed by atoms with van der Waals surface area (Å²) in [4.78, 5) is 2.69. The van der Waals surface area contributed by atoms with E-state index in [2.05, 4.69) is 37.9 Å². The van der Waals surface area contributed by atoms with Crippen LogP contribution in [0.4, 0.5) is 0 Å². The standard InChI is InChI=1S/C14H30N2/c1-5-14-11-16(10-6-9-15-14)13(4)8-7-12(2)3/h12-15H,5-11H2,1-4H3. The van der Waals surface area contributed by atoms with E-state index in [4.69, 9.17) is 0 Å². The number of rotatable bonds is 5. The zero-order valence-corrected chi connectivity index (χ0v) is 11.6. The molecule has 0 saturated carbocycles. The van der Waals surface area contributed by atoms with Crippen LogP contribution >= 0.6 is 0 Å². The van der Waals surface area contributed by atoms with E-state index in [0.717, 1.165) is 12.0 Å². The van der Waals surface area contributed by atoms with Gasteiger partial charge in [0, 0.05) is 18.6 Å². The zero-order valence-electron chi connectivity index (χ0n) is 11.6. The maximum atomic E-state index is 3.64. The number of nitrogens with one attached hydrogen (secondary N) is 1. The van der Waals surface area contributed by atoms with Crippen LogP contribution in [0.1, 0.15) is 53.4 Å². The molecule has 0 aromatic carbocycles. The molecule has 0 aromatic heterocycles. The smallest absolute Gasteiger partial charge is 0.0192 e. The van der Waals surface area contributed by atoms with Gasteiger partial charge in [-0.05, 0) is 51.6 Å². The molecule has 1 aliphatic heterocycles. The van der Waals surface area contributed by atoms with Crippen LogP contribution in [-0.4, -0.2) is 36.6 Å². The topological polar surface area (TPSA) is 15.3 Å². The summed E-state index contributed by atoms with van der Waals surface area (Å²) < 4.78 is 0. The number of nitrogens with zero attached hydrogens (tertiary/aromatic N) is 1. The Hall–Kier alpha value is -0.0800. The molecular formula is C14H30N2. The van der Waals surface area contributed by atoms with E-state index in [9.17, 15) is 0 Å². The second-order valence-electron chi connectivity index (χ2n) is 5.73. The molecule has 0 bridgehead atoms. The maximum Gasteiger partial charge on any atom is 0.0192 e. The van der Waals surface area contributed by atoms with Gasteiger partial charge in [0.1, 0.15) is 0 Å². The lowest BCUT2D eigenvalue weighted by Crippen LogP contribution is -2.41. The van der Waals surface area contributed by atoms with Crippen molar-refractivity contribution in [1.82, 2.24) is 10.2 Å². The number of hydrogen-bond acceptors (Lipinski definition) is 2. The van der Waals surface area contributed by atoms with Gasteiger partial charge in [-0.2, -0.15) is 0 Å². The van der Waals surface area contributed by atoms with Crippen molar-refractivity contribution in [3.8, 4) is 0 Å². The Labute approximate surface area is 102 Å². The summed E-state index contributed by atoms with van der Waals surface area (Å²) >= 11 is 0. The highest BCUT2D eigenvalue weighted by atomic mass is 15.2. The van der Waals surface area contributed by atoms with Gasteiger partial charge in [-0.25, -0.2) is 0 Å². The Kier molecular flexibility index (Phi) is 6.37. The molecule has 2 heteroatoms. The lowest BCUT2D eigenvalue weighted by atomic mass is 10.0. The fourth-order valence-corrected chi connectivity index (χ4v) is 2.46. The minimum atomic E-state index is 0.712. The van der Waals surface area contributed by atoms with Crippen molar-refractivity contribution in [2.75, 3.05) is 19.6 Å². The first kappa shape index (κ1) is 14.0. The highest BCUT2D eigenvalue weighted by Crippen LogP contribution is 2.14. The first-order chi connectivity index (χ1) is 7.63. The molecule has 0 radical (unpaired) electrons. The molecule has 1 rings (SSSR count). The van der Waals surface area contributed by atoms with Gasteiger partial charge < -0.3 is 5.32 Å². The van der Waals surface area contributed by atoms with Gasteiger partial charge in [0.15, 0.2) is 0 Å². The molecule has 2 atom stereocenters. The molecule has 1 N–H and O–H groups in total. The van der Waals surface area contributed by atoms with Gasteiger partial charge in [-0.3, -0.25) is 4.90 Å². The molecular weight excluding hydrogens is 196 g/mol. The van der Waals surface area contributed by atoms with Crippen molar-refractivity contribution in [3.63, 3.8) is 0 Å². The molecule has 1 heterocycles. The first-order valence-electron chi connectivity index (χ1n) is 7.11. The summed E-state index contributed by atoms with van der Waals surface area (Å²) in [6.45, 7) is 13.1. The van der Waals surface area contributed by atoms with Gasteiger partial charge in [0.2, 0.25) is 0 Å². The van der Waals surface area contributed by atoms with Crippen LogP contribution < -0.4 is 5.32 Å². The van der Waals surface area contributed by atoms with Gasteiger partial charge in [-0.1, -0.05) is 20.8 Å². The van der Waals surface area contributed by atoms with Crippen molar-refractivity contribution in [3.05, 3.63) is 0 Å². The third kappa shape index (κ3) is 4.84. The average molecular weight is 226 g/mol. The van der Waals surface area contributed by atoms with Crippen molar-refractivity contribution < 1.29 is 0 Å². The summed E-state index contributed by atoms with van der Waals surface area (Å²) in [7, 11) is 0. The quantitative estimate of drug-likeness (QED) is 0.775. The normalized spacial score (nSPS) is 25.7. The molecule has 16 heavy (non-hydrogen) atoms. The molecule has 0 amide bonds. The summed E-state index contributed by atoms with van der Waals surface area (Å²) in [6, 6.07) is 1.47. The van der Waals surface area contributed by atoms with Crippen LogP contribution in [0.25, 0.3) is 0 Å². The summed E-state index contributed by atoms with van der Waals surface area (Å²) in [5, 5.41) is 3.64. The molecule has 0 spiro atoms. The third-order valence-corrected chi connectivity index (χ3v) is 3.79. The van der Waals surface area contributed by atoms with E-state index in [1.54, 1.807) is 0 Å². The zero-order chi connectivity index (χ0) is 12.0. The maximum absolute atomic E-state index is 3.64. The highest BCUT2D eigenvalue weighted by Gasteiger charge is 2.20. The highest BCUT2D eigenvalue weighted by molar-refractivity contribution is 4.78. The van der Waals surface area contributed by atoms with E-state index in [1.165, 1.54) is 45.3 Å². The fourth-order valence-electron chi connectivity index (χ4n) is 2.46. The Morgan fingerprint density at radius 2 is 2.00 bits per heavy atom. The summed E-state index contributed by atoms with van der Waals surface area (Å²) in [5.74, 6) is 0.842. The van der Waals surface area contributed by atoms with E-state index >= 15 is 0 Å². The Morgan fingerprint density at radius 3 is 2.62 bits per heavy atom. The predicted molar refractivity (Wildman–Crippen MR) is 71.8 cm³/mol. The van der Waals surface area contributed by atoms with Crippen LogP contribution in [0.15, 0.2) is 0 Å². The second-order valence-corrected chi connectivity index (χ2v) is 5.73. The Morgan fingerprint density at radius 1 is 1.25 bits per heavy atom. The van der Waals surface area contributed by atoms with E-state index < -0.39 is 0 Å². The predicted octanol–water partition coefficient (Wildman–Crippen LogP) is 2.89. The first-order valence-corrected chi connectivity index (χ1v) is 7.11. The van der Waals surface area contributed by atoms with Gasteiger partial charge in [0.05, 0.1) is 0 Å². The summed E-state index contributed by atoms with van der Waals surface area (Å²) in [5.41, 5.74) is 0. The molecule has 0 aromatic rings. The molecule has 1 fully saturated rings. The minimum Gasteiger partial charge on any atom is -0.313 e. The van der Waals surface area contributed by atoms with Crippen LogP contribution in [0.5, 0.6) is 0 Å². The fraction of sp³-hybridized carbons (Fsp3) is 1.00. The second kappa shape index (κ2) is 7.29. The van der Waals surface area contributed by atoms with Crippen LogP contribution in [0.3, 0.4) is 0 Å². The molecule has 2 unspecified atom stereocenters. The largest absolute Gasteiger partial charge is 0.313 e. The van der Waals surface area contributed by atoms with Gasteiger partial charge in [0.25, 0.3) is 0 Å². The average Bonchev–Trinajstić information content (AvgIpc) is 2.50. The minimum absolute atomic E-state index is 0.712. The lowest BCUT2D eigenvalue weighted by molar-refractivity contribution is 0.188. The van der Waals surface area contributed by atoms with E-state index in [-0.39, 0.29) is 0 Å². The third-order valence-electron chi connectivity index (χ3n) is 3.79. The monoisotopic (exact) mass is 226 g/mol.